The van der Waals surface area contributed by atoms with Gasteiger partial charge in [-0.25, -0.2) is 4.99 Å². The topological polar surface area (TPSA) is 106 Å². The van der Waals surface area contributed by atoms with E-state index >= 15 is 0 Å². The van der Waals surface area contributed by atoms with E-state index in [0.717, 1.165) is 11.1 Å². The second-order valence-corrected chi connectivity index (χ2v) is 6.04. The average molecular weight is 295 g/mol. The number of nitriles is 2. The molecule has 2 aliphatic heterocycles. The molecule has 1 saturated carbocycles. The lowest BCUT2D eigenvalue weighted by atomic mass is 9.93. The van der Waals surface area contributed by atoms with Crippen LogP contribution in [0.15, 0.2) is 24.3 Å². The number of nitrogens with two attached hydrogens (primary N) is 1. The van der Waals surface area contributed by atoms with Crippen molar-refractivity contribution in [3.8, 4) is 12.1 Å². The smallest absolute Gasteiger partial charge is 0.311 e. The molecule has 1 aromatic carbocycles. The molecule has 0 bridgehead atoms. The molecule has 4 rings (SSSR count). The van der Waals surface area contributed by atoms with Gasteiger partial charge in [-0.3, -0.25) is 5.73 Å². The molecule has 6 nitrogen and oxygen atoms in total. The summed E-state index contributed by atoms with van der Waals surface area (Å²) in [6.07, 6.45) is 0. The fraction of sp³-hybridized carbons (Fsp3) is 0.438. The van der Waals surface area contributed by atoms with Crippen molar-refractivity contribution >= 4 is 5.84 Å². The first kappa shape index (κ1) is 13.3. The minimum Gasteiger partial charge on any atom is -0.311 e. The van der Waals surface area contributed by atoms with Crippen LogP contribution in [0.2, 0.25) is 0 Å². The van der Waals surface area contributed by atoms with Crippen molar-refractivity contribution in [2.45, 2.75) is 18.8 Å². The van der Waals surface area contributed by atoms with Crippen LogP contribution in [0.25, 0.3) is 0 Å². The number of fused-ring (bicyclic) bond motifs is 2. The number of nitrogens with one attached hydrogen (secondary N) is 1. The van der Waals surface area contributed by atoms with E-state index in [1.807, 2.05) is 31.2 Å². The van der Waals surface area contributed by atoms with E-state index in [0.29, 0.717) is 13.2 Å². The Labute approximate surface area is 127 Å². The molecule has 0 radical (unpaired) electrons. The Hall–Kier alpha value is -2.41. The Morgan fingerprint density at radius 2 is 2.00 bits per heavy atom. The first-order valence-corrected chi connectivity index (χ1v) is 7.16. The van der Waals surface area contributed by atoms with Crippen molar-refractivity contribution in [3.63, 3.8) is 0 Å². The van der Waals surface area contributed by atoms with Crippen molar-refractivity contribution in [1.82, 2.24) is 0 Å². The highest BCUT2D eigenvalue weighted by Gasteiger charge is 2.97. The largest absolute Gasteiger partial charge is 0.343 e. The summed E-state index contributed by atoms with van der Waals surface area (Å²) in [7, 11) is 0. The maximum Gasteiger partial charge on any atom is 0.343 e. The highest BCUT2D eigenvalue weighted by molar-refractivity contribution is 5.95. The molecule has 3 atom stereocenters. The van der Waals surface area contributed by atoms with Gasteiger partial charge in [-0.1, -0.05) is 29.8 Å². The van der Waals surface area contributed by atoms with Gasteiger partial charge in [0.05, 0.1) is 25.4 Å². The molecule has 1 spiro atoms. The Bertz CT molecular complexity index is 784. The molecular weight excluding hydrogens is 280 g/mol. The van der Waals surface area contributed by atoms with Crippen LogP contribution >= 0.6 is 0 Å². The van der Waals surface area contributed by atoms with Gasteiger partial charge in [0, 0.05) is 5.92 Å². The van der Waals surface area contributed by atoms with E-state index in [2.05, 4.69) is 17.1 Å². The third-order valence-corrected chi connectivity index (χ3v) is 5.07. The molecule has 3 aliphatic rings. The lowest BCUT2D eigenvalue weighted by Crippen LogP contribution is -2.89. The summed E-state index contributed by atoms with van der Waals surface area (Å²) in [5.74, 6) is -1.44. The highest BCUT2D eigenvalue weighted by Crippen LogP contribution is 2.79. The van der Waals surface area contributed by atoms with Gasteiger partial charge < -0.3 is 9.47 Å². The summed E-state index contributed by atoms with van der Waals surface area (Å²) >= 11 is 0. The van der Waals surface area contributed by atoms with Crippen LogP contribution in [0.1, 0.15) is 17.0 Å². The van der Waals surface area contributed by atoms with Crippen molar-refractivity contribution < 1.29 is 14.5 Å². The Balaban J connectivity index is 1.94. The molecule has 1 saturated heterocycles. The molecule has 110 valence electrons. The molecule has 6 heteroatoms. The molecule has 1 aliphatic carbocycles. The van der Waals surface area contributed by atoms with E-state index in [4.69, 9.17) is 15.2 Å². The summed E-state index contributed by atoms with van der Waals surface area (Å²) in [6, 6.07) is 12.4. The van der Waals surface area contributed by atoms with Crippen molar-refractivity contribution in [2.24, 2.45) is 16.6 Å². The predicted molar refractivity (Wildman–Crippen MR) is 74.8 cm³/mol. The number of aryl methyl sites for hydroxylation is 1. The highest BCUT2D eigenvalue weighted by atomic mass is 16.8. The van der Waals surface area contributed by atoms with Crippen LogP contribution in [-0.2, 0) is 9.47 Å². The Morgan fingerprint density at radius 3 is 2.59 bits per heavy atom. The second-order valence-electron chi connectivity index (χ2n) is 6.04. The van der Waals surface area contributed by atoms with Gasteiger partial charge in [-0.05, 0) is 12.5 Å². The van der Waals surface area contributed by atoms with Crippen LogP contribution in [0.5, 0.6) is 0 Å². The van der Waals surface area contributed by atoms with Crippen LogP contribution in [0.4, 0.5) is 0 Å². The van der Waals surface area contributed by atoms with Crippen LogP contribution in [-0.4, -0.2) is 25.0 Å². The van der Waals surface area contributed by atoms with Crippen molar-refractivity contribution in [1.29, 1.82) is 10.5 Å². The standard InChI is InChI=1S/C16H14N4O2/c1-10-3-2-4-11(7-10)12-14(8-17)13(19)20-16(15(12,14)9-18)21-5-6-22-16/h2-4,7,12H,5-6H2,1H3,(H2,19,20)/p+1/t12-,14+,15+/m0/s1. The van der Waals surface area contributed by atoms with Gasteiger partial charge in [-0.2, -0.15) is 10.5 Å². The van der Waals surface area contributed by atoms with Gasteiger partial charge in [0.25, 0.3) is 5.84 Å². The summed E-state index contributed by atoms with van der Waals surface area (Å²) in [5.41, 5.74) is 5.81. The number of amidine groups is 1. The molecule has 3 N–H and O–H groups in total. The lowest BCUT2D eigenvalue weighted by Gasteiger charge is -2.23. The maximum absolute atomic E-state index is 9.94. The zero-order valence-corrected chi connectivity index (χ0v) is 12.1. The normalized spacial score (nSPS) is 37.2. The average Bonchev–Trinajstić information content (AvgIpc) is 2.77. The van der Waals surface area contributed by atoms with Crippen molar-refractivity contribution in [3.05, 3.63) is 35.4 Å². The summed E-state index contributed by atoms with van der Waals surface area (Å²) in [4.78, 5) is 2.93. The molecular formula is C16H15N4O2+. The number of rotatable bonds is 1. The molecule has 0 aromatic heterocycles. The van der Waals surface area contributed by atoms with Crippen molar-refractivity contribution in [2.75, 3.05) is 13.2 Å². The SMILES string of the molecule is Cc1cccc([C@H]2[C@]3(C#N)C(N)=[NH+]C4(OCCO4)[C@]23C#N)c1. The van der Waals surface area contributed by atoms with E-state index in [9.17, 15) is 10.5 Å². The quantitative estimate of drug-likeness (QED) is 0.710. The first-order valence-electron chi connectivity index (χ1n) is 7.16. The number of hydrogen-bond donors (Lipinski definition) is 2. The third kappa shape index (κ3) is 1.13. The molecule has 1 aromatic rings. The zero-order chi connectivity index (χ0) is 15.6. The van der Waals surface area contributed by atoms with Gasteiger partial charge >= 0.3 is 5.91 Å². The van der Waals surface area contributed by atoms with Crippen LogP contribution in [0.3, 0.4) is 0 Å². The molecule has 0 amide bonds. The van der Waals surface area contributed by atoms with Gasteiger partial charge in [0.15, 0.2) is 10.8 Å². The Kier molecular flexibility index (Phi) is 2.33. The second kappa shape index (κ2) is 3.86. The third-order valence-electron chi connectivity index (χ3n) is 5.07. The first-order chi connectivity index (χ1) is 10.6. The monoisotopic (exact) mass is 295 g/mol. The fourth-order valence-electron chi connectivity index (χ4n) is 4.17. The number of ether oxygens (including phenoxy) is 2. The summed E-state index contributed by atoms with van der Waals surface area (Å²) in [5, 5.41) is 19.8. The molecule has 0 unspecified atom stereocenters. The van der Waals surface area contributed by atoms with Gasteiger partial charge in [0.1, 0.15) is 0 Å². The van der Waals surface area contributed by atoms with E-state index in [-0.39, 0.29) is 11.8 Å². The minimum absolute atomic E-state index is 0.255. The summed E-state index contributed by atoms with van der Waals surface area (Å²) < 4.78 is 11.4. The van der Waals surface area contributed by atoms with Crippen LogP contribution < -0.4 is 10.7 Å². The molecule has 2 fully saturated rings. The predicted octanol–water partition coefficient (Wildman–Crippen LogP) is -0.736. The van der Waals surface area contributed by atoms with Gasteiger partial charge in [0.2, 0.25) is 0 Å². The number of hydrogen-bond acceptors (Lipinski definition) is 5. The zero-order valence-electron chi connectivity index (χ0n) is 12.1. The minimum atomic E-state index is -1.32. The lowest BCUT2D eigenvalue weighted by molar-refractivity contribution is -0.676. The van der Waals surface area contributed by atoms with E-state index in [1.165, 1.54) is 0 Å². The van der Waals surface area contributed by atoms with E-state index < -0.39 is 16.7 Å². The number of benzene rings is 1. The van der Waals surface area contributed by atoms with Crippen LogP contribution in [0, 0.1) is 40.4 Å². The Morgan fingerprint density at radius 1 is 1.27 bits per heavy atom. The fourth-order valence-corrected chi connectivity index (χ4v) is 4.17. The van der Waals surface area contributed by atoms with E-state index in [1.54, 1.807) is 0 Å². The summed E-state index contributed by atoms with van der Waals surface area (Å²) in [6.45, 7) is 2.71. The maximum atomic E-state index is 9.94. The number of nitrogens with zero attached hydrogens (tertiary/aromatic N) is 2. The molecule has 2 heterocycles. The molecule has 22 heavy (non-hydrogen) atoms. The van der Waals surface area contributed by atoms with Gasteiger partial charge in [-0.15, -0.1) is 0 Å².